The van der Waals surface area contributed by atoms with E-state index in [1.165, 1.54) is 6.20 Å². The second-order valence-corrected chi connectivity index (χ2v) is 3.77. The fraction of sp³-hybridized carbons (Fsp3) is 0. The van der Waals surface area contributed by atoms with Crippen LogP contribution in [0.25, 0.3) is 10.9 Å². The molecule has 0 atom stereocenters. The van der Waals surface area contributed by atoms with Crippen molar-refractivity contribution < 1.29 is 9.59 Å². The number of aromatic amines is 1. The minimum atomic E-state index is -1.00. The second kappa shape index (κ2) is 3.68. The number of rotatable bonds is 2. The van der Waals surface area contributed by atoms with Crippen LogP contribution in [0.1, 0.15) is 10.4 Å². The lowest BCUT2D eigenvalue weighted by Gasteiger charge is -1.94. The summed E-state index contributed by atoms with van der Waals surface area (Å²) in [4.78, 5) is 25.0. The molecule has 1 N–H and O–H groups in total. The molecular weight excluding hydrogens is 237 g/mol. The van der Waals surface area contributed by atoms with Crippen LogP contribution in [0, 0.1) is 0 Å². The van der Waals surface area contributed by atoms with E-state index in [1.54, 1.807) is 18.2 Å². The number of hydrogen-bond acceptors (Lipinski definition) is 2. The van der Waals surface area contributed by atoms with Gasteiger partial charge in [0, 0.05) is 22.1 Å². The van der Waals surface area contributed by atoms with Crippen molar-refractivity contribution >= 4 is 45.1 Å². The fourth-order valence-electron chi connectivity index (χ4n) is 1.39. The molecule has 1 aromatic carbocycles. The number of benzene rings is 1. The Balaban J connectivity index is 2.67. The highest BCUT2D eigenvalue weighted by atomic mass is 35.5. The third-order valence-electron chi connectivity index (χ3n) is 2.07. The molecule has 5 heteroatoms. The van der Waals surface area contributed by atoms with Gasteiger partial charge in [0.25, 0.3) is 5.24 Å². The van der Waals surface area contributed by atoms with Crippen molar-refractivity contribution in [2.75, 3.05) is 0 Å². The maximum Gasteiger partial charge on any atom is 0.293 e. The molecule has 0 aliphatic heterocycles. The van der Waals surface area contributed by atoms with Crippen molar-refractivity contribution in [1.29, 1.82) is 0 Å². The number of hydrogen-bond donors (Lipinski definition) is 1. The monoisotopic (exact) mass is 241 g/mol. The van der Waals surface area contributed by atoms with Gasteiger partial charge in [-0.3, -0.25) is 9.59 Å². The average molecular weight is 242 g/mol. The first-order valence-corrected chi connectivity index (χ1v) is 4.86. The fourth-order valence-corrected chi connectivity index (χ4v) is 1.66. The molecule has 0 aliphatic rings. The molecular formula is C10H5Cl2NO2. The van der Waals surface area contributed by atoms with Crippen molar-refractivity contribution in [3.05, 3.63) is 35.0 Å². The standard InChI is InChI=1S/C10H5Cl2NO2/c11-5-1-2-8-6(3-5)7(4-13-8)9(14)10(12)15/h1-4,13H. The van der Waals surface area contributed by atoms with Gasteiger partial charge in [0.15, 0.2) is 0 Å². The molecule has 0 saturated carbocycles. The molecule has 15 heavy (non-hydrogen) atoms. The summed E-state index contributed by atoms with van der Waals surface area (Å²) in [6.45, 7) is 0. The zero-order chi connectivity index (χ0) is 11.0. The molecule has 3 nitrogen and oxygen atoms in total. The molecule has 0 amide bonds. The predicted molar refractivity (Wildman–Crippen MR) is 58.5 cm³/mol. The smallest absolute Gasteiger partial charge is 0.293 e. The van der Waals surface area contributed by atoms with Gasteiger partial charge in [-0.15, -0.1) is 0 Å². The zero-order valence-corrected chi connectivity index (χ0v) is 8.89. The van der Waals surface area contributed by atoms with Crippen LogP contribution >= 0.6 is 23.2 Å². The van der Waals surface area contributed by atoms with E-state index in [-0.39, 0.29) is 5.56 Å². The molecule has 0 radical (unpaired) electrons. The molecule has 2 aromatic rings. The molecule has 0 spiro atoms. The van der Waals surface area contributed by atoms with Crippen molar-refractivity contribution in [3.63, 3.8) is 0 Å². The molecule has 76 valence electrons. The van der Waals surface area contributed by atoms with Crippen LogP contribution < -0.4 is 0 Å². The van der Waals surface area contributed by atoms with Crippen LogP contribution in [0.15, 0.2) is 24.4 Å². The highest BCUT2D eigenvalue weighted by molar-refractivity contribution is 6.83. The van der Waals surface area contributed by atoms with Crippen molar-refractivity contribution in [2.45, 2.75) is 0 Å². The molecule has 0 saturated heterocycles. The van der Waals surface area contributed by atoms with Gasteiger partial charge in [0.05, 0.1) is 5.56 Å². The molecule has 0 unspecified atom stereocenters. The Morgan fingerprint density at radius 1 is 1.27 bits per heavy atom. The molecule has 0 fully saturated rings. The minimum absolute atomic E-state index is 0.243. The summed E-state index contributed by atoms with van der Waals surface area (Å²) in [7, 11) is 0. The highest BCUT2D eigenvalue weighted by Gasteiger charge is 2.17. The van der Waals surface area contributed by atoms with Gasteiger partial charge < -0.3 is 4.98 Å². The zero-order valence-electron chi connectivity index (χ0n) is 7.38. The summed E-state index contributed by atoms with van der Waals surface area (Å²) < 4.78 is 0. The van der Waals surface area contributed by atoms with Gasteiger partial charge >= 0.3 is 0 Å². The summed E-state index contributed by atoms with van der Waals surface area (Å²) in [6, 6.07) is 5.03. The minimum Gasteiger partial charge on any atom is -0.360 e. The first-order valence-electron chi connectivity index (χ1n) is 4.10. The Labute approximate surface area is 95.0 Å². The van der Waals surface area contributed by atoms with Crippen LogP contribution in [-0.2, 0) is 4.79 Å². The van der Waals surface area contributed by atoms with Crippen molar-refractivity contribution in [3.8, 4) is 0 Å². The Hall–Kier alpha value is -1.32. The first-order chi connectivity index (χ1) is 7.09. The molecule has 0 bridgehead atoms. The van der Waals surface area contributed by atoms with Crippen LogP contribution in [0.3, 0.4) is 0 Å². The van der Waals surface area contributed by atoms with Gasteiger partial charge in [0.2, 0.25) is 5.78 Å². The van der Waals surface area contributed by atoms with E-state index < -0.39 is 11.0 Å². The van der Waals surface area contributed by atoms with Gasteiger partial charge in [-0.05, 0) is 29.8 Å². The van der Waals surface area contributed by atoms with Crippen LogP contribution in [0.2, 0.25) is 5.02 Å². The Morgan fingerprint density at radius 3 is 2.67 bits per heavy atom. The lowest BCUT2D eigenvalue weighted by Crippen LogP contribution is -2.06. The molecule has 2 rings (SSSR count). The molecule has 1 aromatic heterocycles. The van der Waals surface area contributed by atoms with E-state index in [4.69, 9.17) is 23.2 Å². The number of fused-ring (bicyclic) bond motifs is 1. The Kier molecular flexibility index (Phi) is 2.50. The number of carbonyl (C=O) groups is 2. The predicted octanol–water partition coefficient (Wildman–Crippen LogP) is 2.77. The average Bonchev–Trinajstić information content (AvgIpc) is 2.59. The van der Waals surface area contributed by atoms with Gasteiger partial charge in [-0.1, -0.05) is 11.6 Å². The number of ketones is 1. The summed E-state index contributed by atoms with van der Waals surface area (Å²) in [5.74, 6) is -0.731. The van der Waals surface area contributed by atoms with Crippen LogP contribution in [-0.4, -0.2) is 16.0 Å². The van der Waals surface area contributed by atoms with E-state index in [9.17, 15) is 9.59 Å². The summed E-state index contributed by atoms with van der Waals surface area (Å²) >= 11 is 10.9. The SMILES string of the molecule is O=C(Cl)C(=O)c1c[nH]c2ccc(Cl)cc12. The normalized spacial score (nSPS) is 10.5. The Morgan fingerprint density at radius 2 is 2.00 bits per heavy atom. The van der Waals surface area contributed by atoms with E-state index in [2.05, 4.69) is 4.98 Å². The van der Waals surface area contributed by atoms with Crippen molar-refractivity contribution in [1.82, 2.24) is 4.98 Å². The van der Waals surface area contributed by atoms with E-state index >= 15 is 0 Å². The first kappa shape index (κ1) is 10.2. The quantitative estimate of drug-likeness (QED) is 0.500. The van der Waals surface area contributed by atoms with Crippen LogP contribution in [0.4, 0.5) is 0 Å². The molecule has 0 aliphatic carbocycles. The van der Waals surface area contributed by atoms with E-state index in [1.807, 2.05) is 0 Å². The van der Waals surface area contributed by atoms with Gasteiger partial charge in [0.1, 0.15) is 0 Å². The third kappa shape index (κ3) is 1.76. The maximum atomic E-state index is 11.4. The maximum absolute atomic E-state index is 11.4. The largest absolute Gasteiger partial charge is 0.360 e. The number of aromatic nitrogens is 1. The molecule has 1 heterocycles. The number of H-pyrrole nitrogens is 1. The number of Topliss-reactive ketones (excluding diaryl/α,β-unsaturated/α-hetero) is 1. The highest BCUT2D eigenvalue weighted by Crippen LogP contribution is 2.23. The lowest BCUT2D eigenvalue weighted by molar-refractivity contribution is -0.108. The van der Waals surface area contributed by atoms with Gasteiger partial charge in [-0.2, -0.15) is 0 Å². The second-order valence-electron chi connectivity index (χ2n) is 3.00. The summed E-state index contributed by atoms with van der Waals surface area (Å²) in [6.07, 6.45) is 1.45. The number of carbonyl (C=O) groups excluding carboxylic acids is 2. The number of halogens is 2. The third-order valence-corrected chi connectivity index (χ3v) is 2.47. The van der Waals surface area contributed by atoms with E-state index in [0.717, 1.165) is 5.52 Å². The topological polar surface area (TPSA) is 49.9 Å². The van der Waals surface area contributed by atoms with Gasteiger partial charge in [-0.25, -0.2) is 0 Å². The van der Waals surface area contributed by atoms with E-state index in [0.29, 0.717) is 10.4 Å². The van der Waals surface area contributed by atoms with Crippen LogP contribution in [0.5, 0.6) is 0 Å². The summed E-state index contributed by atoms with van der Waals surface area (Å²) in [5, 5.41) is 0.0931. The summed E-state index contributed by atoms with van der Waals surface area (Å²) in [5.41, 5.74) is 0.980. The Bertz CT molecular complexity index is 560. The number of nitrogens with one attached hydrogen (secondary N) is 1. The lowest BCUT2D eigenvalue weighted by atomic mass is 10.1. The van der Waals surface area contributed by atoms with Crippen molar-refractivity contribution in [2.24, 2.45) is 0 Å².